The van der Waals surface area contributed by atoms with Crippen molar-refractivity contribution in [2.24, 2.45) is 0 Å². The van der Waals surface area contributed by atoms with Crippen LogP contribution in [-0.4, -0.2) is 62.2 Å². The number of likely N-dealkylation sites (N-methyl/N-ethyl adjacent to an activating group) is 1. The zero-order valence-electron chi connectivity index (χ0n) is 18.1. The first kappa shape index (κ1) is 21.6. The molecule has 0 amide bonds. The third-order valence-electron chi connectivity index (χ3n) is 5.33. The minimum Gasteiger partial charge on any atom is -0.490 e. The van der Waals surface area contributed by atoms with E-state index in [4.69, 9.17) is 9.47 Å². The first-order valence-electron chi connectivity index (χ1n) is 10.7. The van der Waals surface area contributed by atoms with Crippen molar-refractivity contribution in [3.63, 3.8) is 0 Å². The van der Waals surface area contributed by atoms with Gasteiger partial charge in [0, 0.05) is 45.3 Å². The van der Waals surface area contributed by atoms with Gasteiger partial charge in [0.15, 0.2) is 11.5 Å². The van der Waals surface area contributed by atoms with Gasteiger partial charge in [-0.15, -0.1) is 0 Å². The standard InChI is InChI=1S/C24H35N3O2/c1-4-28-24-16-22(10-11-23(24)29-19-21-8-6-5-7-9-21)17-25-20(2)18-27-14-12-26(3)13-15-27/h5-11,16,20,25H,4,12-15,17-19H2,1-3H3. The number of ether oxygens (including phenoxy) is 2. The lowest BCUT2D eigenvalue weighted by atomic mass is 10.1. The van der Waals surface area contributed by atoms with E-state index < -0.39 is 0 Å². The van der Waals surface area contributed by atoms with Crippen LogP contribution in [0.4, 0.5) is 0 Å². The molecule has 1 saturated heterocycles. The first-order chi connectivity index (χ1) is 14.1. The highest BCUT2D eigenvalue weighted by molar-refractivity contribution is 5.43. The molecule has 0 bridgehead atoms. The quantitative estimate of drug-likeness (QED) is 0.665. The molecule has 0 aromatic heterocycles. The van der Waals surface area contributed by atoms with Gasteiger partial charge in [-0.05, 0) is 44.2 Å². The van der Waals surface area contributed by atoms with Gasteiger partial charge in [0.2, 0.25) is 0 Å². The van der Waals surface area contributed by atoms with Gasteiger partial charge < -0.3 is 19.7 Å². The summed E-state index contributed by atoms with van der Waals surface area (Å²) in [5.41, 5.74) is 2.36. The van der Waals surface area contributed by atoms with Crippen LogP contribution in [0, 0.1) is 0 Å². The molecule has 5 nitrogen and oxygen atoms in total. The fourth-order valence-electron chi connectivity index (χ4n) is 3.56. The van der Waals surface area contributed by atoms with Crippen LogP contribution in [0.25, 0.3) is 0 Å². The lowest BCUT2D eigenvalue weighted by Gasteiger charge is -2.34. The normalized spacial score (nSPS) is 16.5. The lowest BCUT2D eigenvalue weighted by Crippen LogP contribution is -2.48. The largest absolute Gasteiger partial charge is 0.490 e. The summed E-state index contributed by atoms with van der Waals surface area (Å²) < 4.78 is 11.8. The molecule has 1 N–H and O–H groups in total. The summed E-state index contributed by atoms with van der Waals surface area (Å²) in [5.74, 6) is 1.61. The van der Waals surface area contributed by atoms with Crippen molar-refractivity contribution in [3.8, 4) is 11.5 Å². The third kappa shape index (κ3) is 7.03. The molecule has 5 heteroatoms. The Labute approximate surface area is 175 Å². The molecular weight excluding hydrogens is 362 g/mol. The fraction of sp³-hybridized carbons (Fsp3) is 0.500. The predicted molar refractivity (Wildman–Crippen MR) is 119 cm³/mol. The maximum atomic E-state index is 6.01. The Kier molecular flexibility index (Phi) is 8.35. The molecule has 2 aromatic carbocycles. The molecule has 1 aliphatic heterocycles. The summed E-state index contributed by atoms with van der Waals surface area (Å²) in [4.78, 5) is 4.94. The number of rotatable bonds is 10. The van der Waals surface area contributed by atoms with E-state index in [2.05, 4.69) is 53.4 Å². The second-order valence-electron chi connectivity index (χ2n) is 7.87. The molecule has 0 saturated carbocycles. The molecule has 1 unspecified atom stereocenters. The van der Waals surface area contributed by atoms with Crippen LogP contribution in [0.3, 0.4) is 0 Å². The Bertz CT molecular complexity index is 730. The molecule has 1 heterocycles. The molecule has 1 aliphatic rings. The van der Waals surface area contributed by atoms with Crippen molar-refractivity contribution < 1.29 is 9.47 Å². The summed E-state index contributed by atoms with van der Waals surface area (Å²) in [7, 11) is 2.20. The summed E-state index contributed by atoms with van der Waals surface area (Å²) in [6.07, 6.45) is 0. The van der Waals surface area contributed by atoms with E-state index in [-0.39, 0.29) is 0 Å². The highest BCUT2D eigenvalue weighted by Crippen LogP contribution is 2.29. The fourth-order valence-corrected chi connectivity index (χ4v) is 3.56. The lowest BCUT2D eigenvalue weighted by molar-refractivity contribution is 0.144. The Balaban J connectivity index is 1.52. The molecule has 0 spiro atoms. The zero-order valence-corrected chi connectivity index (χ0v) is 18.1. The highest BCUT2D eigenvalue weighted by Gasteiger charge is 2.16. The SMILES string of the molecule is CCOc1cc(CNC(C)CN2CCN(C)CC2)ccc1OCc1ccccc1. The Morgan fingerprint density at radius 2 is 1.69 bits per heavy atom. The van der Waals surface area contributed by atoms with Crippen LogP contribution in [0.5, 0.6) is 11.5 Å². The highest BCUT2D eigenvalue weighted by atomic mass is 16.5. The van der Waals surface area contributed by atoms with Crippen molar-refractivity contribution in [3.05, 3.63) is 59.7 Å². The van der Waals surface area contributed by atoms with Gasteiger partial charge in [0.25, 0.3) is 0 Å². The van der Waals surface area contributed by atoms with E-state index in [9.17, 15) is 0 Å². The topological polar surface area (TPSA) is 37.0 Å². The van der Waals surface area contributed by atoms with Gasteiger partial charge in [-0.2, -0.15) is 0 Å². The van der Waals surface area contributed by atoms with E-state index in [0.717, 1.165) is 56.3 Å². The maximum Gasteiger partial charge on any atom is 0.161 e. The van der Waals surface area contributed by atoms with E-state index in [1.165, 1.54) is 5.56 Å². The molecule has 2 aromatic rings. The second kappa shape index (κ2) is 11.2. The van der Waals surface area contributed by atoms with Gasteiger partial charge in [-0.1, -0.05) is 36.4 Å². The number of hydrogen-bond acceptors (Lipinski definition) is 5. The Morgan fingerprint density at radius 3 is 2.41 bits per heavy atom. The van der Waals surface area contributed by atoms with Gasteiger partial charge >= 0.3 is 0 Å². The van der Waals surface area contributed by atoms with Crippen LogP contribution in [0.1, 0.15) is 25.0 Å². The number of piperazine rings is 1. The molecule has 29 heavy (non-hydrogen) atoms. The van der Waals surface area contributed by atoms with Gasteiger partial charge in [-0.25, -0.2) is 0 Å². The summed E-state index contributed by atoms with van der Waals surface area (Å²) in [6, 6.07) is 16.9. The Hall–Kier alpha value is -2.08. The predicted octanol–water partition coefficient (Wildman–Crippen LogP) is 3.39. The van der Waals surface area contributed by atoms with Crippen molar-refractivity contribution in [2.75, 3.05) is 46.4 Å². The number of hydrogen-bond donors (Lipinski definition) is 1. The Morgan fingerprint density at radius 1 is 0.931 bits per heavy atom. The maximum absolute atomic E-state index is 6.01. The van der Waals surface area contributed by atoms with E-state index in [1.807, 2.05) is 31.2 Å². The summed E-state index contributed by atoms with van der Waals surface area (Å²) in [5, 5.41) is 3.65. The van der Waals surface area contributed by atoms with Gasteiger partial charge in [0.05, 0.1) is 6.61 Å². The minimum absolute atomic E-state index is 0.447. The molecule has 3 rings (SSSR count). The van der Waals surface area contributed by atoms with E-state index in [0.29, 0.717) is 19.3 Å². The third-order valence-corrected chi connectivity index (χ3v) is 5.33. The number of benzene rings is 2. The van der Waals surface area contributed by atoms with Crippen LogP contribution >= 0.6 is 0 Å². The molecule has 1 atom stereocenters. The minimum atomic E-state index is 0.447. The first-order valence-corrected chi connectivity index (χ1v) is 10.7. The molecule has 0 aliphatic carbocycles. The monoisotopic (exact) mass is 397 g/mol. The average molecular weight is 398 g/mol. The van der Waals surface area contributed by atoms with Crippen molar-refractivity contribution in [1.29, 1.82) is 0 Å². The van der Waals surface area contributed by atoms with E-state index >= 15 is 0 Å². The molecule has 158 valence electrons. The van der Waals surface area contributed by atoms with Crippen LogP contribution in [0.15, 0.2) is 48.5 Å². The number of nitrogens with zero attached hydrogens (tertiary/aromatic N) is 2. The summed E-state index contributed by atoms with van der Waals surface area (Å²) >= 11 is 0. The van der Waals surface area contributed by atoms with Crippen molar-refractivity contribution in [1.82, 2.24) is 15.1 Å². The van der Waals surface area contributed by atoms with Crippen LogP contribution < -0.4 is 14.8 Å². The van der Waals surface area contributed by atoms with Gasteiger partial charge in [0.1, 0.15) is 6.61 Å². The smallest absolute Gasteiger partial charge is 0.161 e. The molecule has 0 radical (unpaired) electrons. The molecule has 1 fully saturated rings. The van der Waals surface area contributed by atoms with Crippen LogP contribution in [0.2, 0.25) is 0 Å². The second-order valence-corrected chi connectivity index (χ2v) is 7.87. The molecular formula is C24H35N3O2. The zero-order chi connectivity index (χ0) is 20.5. The van der Waals surface area contributed by atoms with Gasteiger partial charge in [-0.3, -0.25) is 4.90 Å². The average Bonchev–Trinajstić information content (AvgIpc) is 2.74. The summed E-state index contributed by atoms with van der Waals surface area (Å²) in [6.45, 7) is 12.0. The van der Waals surface area contributed by atoms with E-state index in [1.54, 1.807) is 0 Å². The van der Waals surface area contributed by atoms with Crippen molar-refractivity contribution in [2.45, 2.75) is 33.0 Å². The number of nitrogens with one attached hydrogen (secondary N) is 1. The van der Waals surface area contributed by atoms with Crippen molar-refractivity contribution >= 4 is 0 Å². The van der Waals surface area contributed by atoms with Crippen LogP contribution in [-0.2, 0) is 13.2 Å².